The third kappa shape index (κ3) is 10.9. The van der Waals surface area contributed by atoms with Gasteiger partial charge in [-0.2, -0.15) is 0 Å². The van der Waals surface area contributed by atoms with Gasteiger partial charge in [-0.15, -0.1) is 35.3 Å². The second-order valence-corrected chi connectivity index (χ2v) is 9.85. The van der Waals surface area contributed by atoms with Gasteiger partial charge in [-0.25, -0.2) is 8.42 Å². The van der Waals surface area contributed by atoms with Gasteiger partial charge in [-0.05, 0) is 35.0 Å². The minimum atomic E-state index is -2.97. The minimum Gasteiger partial charge on any atom is -0.378 e. The molecule has 1 rings (SSSR count). The number of nitrogens with one attached hydrogen (secondary N) is 1. The summed E-state index contributed by atoms with van der Waals surface area (Å²) in [6.45, 7) is 4.69. The van der Waals surface area contributed by atoms with Crippen molar-refractivity contribution in [2.45, 2.75) is 13.5 Å². The molecule has 0 aromatic carbocycles. The van der Waals surface area contributed by atoms with Crippen LogP contribution in [0.2, 0.25) is 0 Å². The van der Waals surface area contributed by atoms with Gasteiger partial charge in [0.05, 0.1) is 35.8 Å². The zero-order chi connectivity index (χ0) is 17.3. The molecular formula is C14H25BrIN3O3S2. The molecule has 0 bridgehead atoms. The Labute approximate surface area is 174 Å². The van der Waals surface area contributed by atoms with Gasteiger partial charge in [0.1, 0.15) is 9.84 Å². The molecule has 0 amide bonds. The lowest BCUT2D eigenvalue weighted by Crippen LogP contribution is -2.38. The maximum atomic E-state index is 11.0. The van der Waals surface area contributed by atoms with Crippen molar-refractivity contribution in [2.24, 2.45) is 4.99 Å². The number of hydrogen-bond acceptors (Lipinski definition) is 5. The summed E-state index contributed by atoms with van der Waals surface area (Å²) in [6.07, 6.45) is 1.20. The quantitative estimate of drug-likeness (QED) is 0.220. The van der Waals surface area contributed by atoms with Crippen molar-refractivity contribution in [1.29, 1.82) is 0 Å². The topological polar surface area (TPSA) is 71.0 Å². The van der Waals surface area contributed by atoms with Crippen molar-refractivity contribution >= 4 is 67.0 Å². The summed E-state index contributed by atoms with van der Waals surface area (Å²) in [4.78, 5) is 7.80. The zero-order valence-corrected chi connectivity index (χ0v) is 19.7. The number of halogens is 2. The molecule has 10 heteroatoms. The van der Waals surface area contributed by atoms with Crippen molar-refractivity contribution in [2.75, 3.05) is 45.4 Å². The first-order valence-electron chi connectivity index (χ1n) is 7.31. The van der Waals surface area contributed by atoms with E-state index in [2.05, 4.69) is 37.2 Å². The molecule has 0 unspecified atom stereocenters. The van der Waals surface area contributed by atoms with Crippen LogP contribution in [0.1, 0.15) is 11.8 Å². The van der Waals surface area contributed by atoms with Gasteiger partial charge in [0.15, 0.2) is 5.96 Å². The van der Waals surface area contributed by atoms with Crippen LogP contribution in [0.4, 0.5) is 0 Å². The Morgan fingerprint density at radius 3 is 2.67 bits per heavy atom. The summed E-state index contributed by atoms with van der Waals surface area (Å²) in [5.74, 6) is 0.855. The molecule has 140 valence electrons. The molecule has 6 nitrogen and oxygen atoms in total. The van der Waals surface area contributed by atoms with Crippen molar-refractivity contribution < 1.29 is 13.2 Å². The van der Waals surface area contributed by atoms with Crippen molar-refractivity contribution in [3.05, 3.63) is 20.8 Å². The highest BCUT2D eigenvalue weighted by Gasteiger charge is 2.08. The third-order valence-electron chi connectivity index (χ3n) is 2.81. The average molecular weight is 554 g/mol. The summed E-state index contributed by atoms with van der Waals surface area (Å²) in [5, 5.41) is 3.24. The summed E-state index contributed by atoms with van der Waals surface area (Å²) in [5.41, 5.74) is 0. The number of rotatable bonds is 9. The fourth-order valence-corrected chi connectivity index (χ4v) is 3.70. The van der Waals surface area contributed by atoms with Crippen LogP contribution < -0.4 is 5.32 Å². The standard InChI is InChI=1S/C14H24BrN3O3S2.HI/c1-4-16-14(17-7-8-21-9-10-23(3,19)20)18(2)11-12-5-6-13(15)22-12;/h5-6H,4,7-11H2,1-3H3,(H,16,17);1H. The average Bonchev–Trinajstić information content (AvgIpc) is 2.85. The lowest BCUT2D eigenvalue weighted by atomic mass is 10.4. The maximum Gasteiger partial charge on any atom is 0.194 e. The summed E-state index contributed by atoms with van der Waals surface area (Å²) in [6, 6.07) is 4.12. The zero-order valence-electron chi connectivity index (χ0n) is 14.1. The molecule has 1 N–H and O–H groups in total. The summed E-state index contributed by atoms with van der Waals surface area (Å²) < 4.78 is 28.4. The number of nitrogens with zero attached hydrogens (tertiary/aromatic N) is 2. The van der Waals surface area contributed by atoms with Crippen LogP contribution in [-0.2, 0) is 21.1 Å². The van der Waals surface area contributed by atoms with E-state index in [0.717, 1.165) is 22.8 Å². The predicted molar refractivity (Wildman–Crippen MR) is 115 cm³/mol. The highest BCUT2D eigenvalue weighted by atomic mass is 127. The highest BCUT2D eigenvalue weighted by Crippen LogP contribution is 2.22. The van der Waals surface area contributed by atoms with E-state index in [1.807, 2.05) is 20.0 Å². The van der Waals surface area contributed by atoms with Crippen molar-refractivity contribution in [3.8, 4) is 0 Å². The molecule has 0 aliphatic carbocycles. The molecule has 24 heavy (non-hydrogen) atoms. The van der Waals surface area contributed by atoms with E-state index in [1.54, 1.807) is 11.3 Å². The van der Waals surface area contributed by atoms with Crippen LogP contribution in [-0.4, -0.2) is 64.6 Å². The molecule has 0 fully saturated rings. The van der Waals surface area contributed by atoms with Crippen molar-refractivity contribution in [3.63, 3.8) is 0 Å². The first-order valence-corrected chi connectivity index (χ1v) is 11.0. The molecule has 0 aliphatic rings. The van der Waals surface area contributed by atoms with Gasteiger partial charge in [0.2, 0.25) is 0 Å². The normalized spacial score (nSPS) is 11.9. The Balaban J connectivity index is 0.00000529. The summed E-state index contributed by atoms with van der Waals surface area (Å²) >= 11 is 5.16. The number of aliphatic imine (C=N–C) groups is 1. The SMILES string of the molecule is CCNC(=NCCOCCS(C)(=O)=O)N(C)Cc1ccc(Br)s1.I. The summed E-state index contributed by atoms with van der Waals surface area (Å²) in [7, 11) is -0.981. The van der Waals surface area contributed by atoms with E-state index in [4.69, 9.17) is 4.74 Å². The van der Waals surface area contributed by atoms with Gasteiger partial charge in [0.25, 0.3) is 0 Å². The van der Waals surface area contributed by atoms with Crippen LogP contribution >= 0.6 is 51.2 Å². The second kappa shape index (κ2) is 12.4. The van der Waals surface area contributed by atoms with Gasteiger partial charge in [-0.1, -0.05) is 0 Å². The van der Waals surface area contributed by atoms with E-state index in [0.29, 0.717) is 13.2 Å². The molecule has 1 heterocycles. The number of thiophene rings is 1. The van der Waals surface area contributed by atoms with Crippen molar-refractivity contribution in [1.82, 2.24) is 10.2 Å². The Bertz CT molecular complexity index is 608. The van der Waals surface area contributed by atoms with E-state index >= 15 is 0 Å². The highest BCUT2D eigenvalue weighted by molar-refractivity contribution is 14.0. The number of sulfone groups is 1. The Kier molecular flexibility index (Phi) is 12.5. The van der Waals surface area contributed by atoms with Crippen LogP contribution in [0.3, 0.4) is 0 Å². The monoisotopic (exact) mass is 553 g/mol. The number of ether oxygens (including phenoxy) is 1. The Morgan fingerprint density at radius 2 is 2.12 bits per heavy atom. The molecule has 0 radical (unpaired) electrons. The molecule has 0 aliphatic heterocycles. The van der Waals surface area contributed by atoms with E-state index in [-0.39, 0.29) is 36.3 Å². The largest absolute Gasteiger partial charge is 0.378 e. The van der Waals surface area contributed by atoms with Gasteiger partial charge >= 0.3 is 0 Å². The van der Waals surface area contributed by atoms with Crippen LogP contribution in [0.15, 0.2) is 20.9 Å². The van der Waals surface area contributed by atoms with E-state index in [9.17, 15) is 8.42 Å². The lowest BCUT2D eigenvalue weighted by molar-refractivity contribution is 0.157. The molecule has 1 aromatic rings. The number of guanidine groups is 1. The van der Waals surface area contributed by atoms with Crippen LogP contribution in [0, 0.1) is 0 Å². The van der Waals surface area contributed by atoms with E-state index < -0.39 is 9.84 Å². The van der Waals surface area contributed by atoms with Crippen LogP contribution in [0.5, 0.6) is 0 Å². The molecule has 0 saturated carbocycles. The molecule has 0 spiro atoms. The predicted octanol–water partition coefficient (Wildman–Crippen LogP) is 2.59. The Morgan fingerprint density at radius 1 is 1.42 bits per heavy atom. The first kappa shape index (κ1) is 24.1. The smallest absolute Gasteiger partial charge is 0.194 e. The fraction of sp³-hybridized carbons (Fsp3) is 0.643. The van der Waals surface area contributed by atoms with Crippen LogP contribution in [0.25, 0.3) is 0 Å². The third-order valence-corrected chi connectivity index (χ3v) is 5.33. The number of hydrogen-bond donors (Lipinski definition) is 1. The lowest BCUT2D eigenvalue weighted by Gasteiger charge is -2.21. The maximum absolute atomic E-state index is 11.0. The van der Waals surface area contributed by atoms with Gasteiger partial charge in [0, 0.05) is 24.7 Å². The molecule has 1 aromatic heterocycles. The minimum absolute atomic E-state index is 0. The second-order valence-electron chi connectivity index (χ2n) is 5.04. The Hall–Kier alpha value is 0.0900. The first-order chi connectivity index (χ1) is 10.8. The van der Waals surface area contributed by atoms with Gasteiger partial charge in [-0.3, -0.25) is 4.99 Å². The molecular weight excluding hydrogens is 529 g/mol. The molecule has 0 atom stereocenters. The molecule has 0 saturated heterocycles. The fourth-order valence-electron chi connectivity index (χ4n) is 1.74. The van der Waals surface area contributed by atoms with Gasteiger partial charge < -0.3 is 15.0 Å². The van der Waals surface area contributed by atoms with E-state index in [1.165, 1.54) is 11.1 Å².